The highest BCUT2D eigenvalue weighted by Crippen LogP contribution is 2.24. The van der Waals surface area contributed by atoms with Crippen LogP contribution in [0.3, 0.4) is 0 Å². The molecule has 0 radical (unpaired) electrons. The molecule has 0 unspecified atom stereocenters. The van der Waals surface area contributed by atoms with Gasteiger partial charge in [-0.05, 0) is 80.7 Å². The molecule has 7 nitrogen and oxygen atoms in total. The van der Waals surface area contributed by atoms with Crippen LogP contribution in [0.15, 0.2) is 66.9 Å². The SMILES string of the molecule is Cc1ccc(N2CCN(C(=O)c3ccc(C(=O)CC4CCN(Cc5ccc(C#N)cc5)CC4)nc3)CC2)cc1. The van der Waals surface area contributed by atoms with Crippen molar-refractivity contribution in [2.75, 3.05) is 44.2 Å². The van der Waals surface area contributed by atoms with Crippen molar-refractivity contribution in [3.05, 3.63) is 94.8 Å². The van der Waals surface area contributed by atoms with Crippen LogP contribution in [0.25, 0.3) is 0 Å². The number of nitrogens with zero attached hydrogens (tertiary/aromatic N) is 5. The first-order chi connectivity index (χ1) is 19.0. The molecule has 3 heterocycles. The number of piperidine rings is 1. The predicted molar refractivity (Wildman–Crippen MR) is 152 cm³/mol. The van der Waals surface area contributed by atoms with Crippen molar-refractivity contribution in [2.45, 2.75) is 32.7 Å². The van der Waals surface area contributed by atoms with Gasteiger partial charge in [0.15, 0.2) is 5.78 Å². The zero-order valence-electron chi connectivity index (χ0n) is 22.6. The van der Waals surface area contributed by atoms with Gasteiger partial charge in [0.05, 0.1) is 17.2 Å². The fourth-order valence-electron chi connectivity index (χ4n) is 5.45. The van der Waals surface area contributed by atoms with E-state index < -0.39 is 0 Å². The van der Waals surface area contributed by atoms with Crippen LogP contribution in [-0.2, 0) is 6.54 Å². The molecule has 39 heavy (non-hydrogen) atoms. The summed E-state index contributed by atoms with van der Waals surface area (Å²) in [6, 6.07) is 21.8. The van der Waals surface area contributed by atoms with Crippen molar-refractivity contribution >= 4 is 17.4 Å². The number of carbonyl (C=O) groups excluding carboxylic acids is 2. The molecule has 2 aromatic carbocycles. The third-order valence-corrected chi connectivity index (χ3v) is 7.93. The summed E-state index contributed by atoms with van der Waals surface area (Å²) in [6.07, 6.45) is 4.01. The van der Waals surface area contributed by atoms with E-state index in [1.54, 1.807) is 18.3 Å². The Kier molecular flexibility index (Phi) is 8.33. The minimum Gasteiger partial charge on any atom is -0.368 e. The molecule has 2 saturated heterocycles. The summed E-state index contributed by atoms with van der Waals surface area (Å²) in [6.45, 7) is 7.78. The molecule has 0 bridgehead atoms. The van der Waals surface area contributed by atoms with E-state index >= 15 is 0 Å². The van der Waals surface area contributed by atoms with Crippen LogP contribution >= 0.6 is 0 Å². The lowest BCUT2D eigenvalue weighted by Gasteiger charge is -2.36. The smallest absolute Gasteiger partial charge is 0.255 e. The van der Waals surface area contributed by atoms with E-state index in [0.717, 1.165) is 45.6 Å². The summed E-state index contributed by atoms with van der Waals surface area (Å²) in [7, 11) is 0. The van der Waals surface area contributed by atoms with Crippen LogP contribution in [0.4, 0.5) is 5.69 Å². The maximum absolute atomic E-state index is 13.0. The molecule has 1 aromatic heterocycles. The number of Topliss-reactive ketones (excluding diaryl/α,β-unsaturated/α-hetero) is 1. The van der Waals surface area contributed by atoms with Crippen LogP contribution in [0, 0.1) is 24.2 Å². The Hall–Kier alpha value is -4.02. The third kappa shape index (κ3) is 6.71. The van der Waals surface area contributed by atoms with Crippen molar-refractivity contribution in [3.63, 3.8) is 0 Å². The van der Waals surface area contributed by atoms with E-state index in [9.17, 15) is 9.59 Å². The molecular weight excluding hydrogens is 486 g/mol. The van der Waals surface area contributed by atoms with E-state index in [-0.39, 0.29) is 11.7 Å². The number of nitriles is 1. The molecule has 5 rings (SSSR count). The van der Waals surface area contributed by atoms with Crippen LogP contribution in [0.2, 0.25) is 0 Å². The summed E-state index contributed by atoms with van der Waals surface area (Å²) in [5, 5.41) is 8.96. The van der Waals surface area contributed by atoms with E-state index in [0.29, 0.717) is 42.2 Å². The fraction of sp³-hybridized carbons (Fsp3) is 0.375. The largest absolute Gasteiger partial charge is 0.368 e. The van der Waals surface area contributed by atoms with Gasteiger partial charge in [-0.3, -0.25) is 19.5 Å². The molecule has 2 aliphatic heterocycles. The molecule has 3 aromatic rings. The highest BCUT2D eigenvalue weighted by Gasteiger charge is 2.25. The number of aryl methyl sites for hydroxylation is 1. The van der Waals surface area contributed by atoms with Gasteiger partial charge in [-0.2, -0.15) is 5.26 Å². The summed E-state index contributed by atoms with van der Waals surface area (Å²) < 4.78 is 0. The quantitative estimate of drug-likeness (QED) is 0.419. The Morgan fingerprint density at radius 3 is 2.21 bits per heavy atom. The Balaban J connectivity index is 1.07. The average molecular weight is 522 g/mol. The first-order valence-corrected chi connectivity index (χ1v) is 13.8. The maximum Gasteiger partial charge on any atom is 0.255 e. The average Bonchev–Trinajstić information content (AvgIpc) is 2.99. The van der Waals surface area contributed by atoms with Crippen molar-refractivity contribution in [3.8, 4) is 6.07 Å². The van der Waals surface area contributed by atoms with Crippen LogP contribution < -0.4 is 4.90 Å². The second-order valence-corrected chi connectivity index (χ2v) is 10.7. The molecule has 200 valence electrons. The number of rotatable bonds is 7. The second-order valence-electron chi connectivity index (χ2n) is 10.7. The standard InChI is InChI=1S/C32H35N5O2/c1-24-2-9-29(10-3-24)36-16-18-37(19-17-36)32(39)28-8-11-30(34-22-28)31(38)20-25-12-14-35(15-13-25)23-27-6-4-26(21-33)5-7-27/h2-11,22,25H,12-20,23H2,1H3. The highest BCUT2D eigenvalue weighted by molar-refractivity contribution is 5.97. The number of piperazine rings is 1. The van der Waals surface area contributed by atoms with Gasteiger partial charge in [-0.25, -0.2) is 0 Å². The summed E-state index contributed by atoms with van der Waals surface area (Å²) in [5.74, 6) is 0.369. The third-order valence-electron chi connectivity index (χ3n) is 7.93. The first-order valence-electron chi connectivity index (χ1n) is 13.8. The Morgan fingerprint density at radius 1 is 0.897 bits per heavy atom. The fourth-order valence-corrected chi connectivity index (χ4v) is 5.45. The molecule has 2 aliphatic rings. The minimum atomic E-state index is -0.0281. The number of ketones is 1. The van der Waals surface area contributed by atoms with E-state index in [2.05, 4.69) is 52.0 Å². The summed E-state index contributed by atoms with van der Waals surface area (Å²) in [5.41, 5.74) is 5.29. The van der Waals surface area contributed by atoms with E-state index in [1.165, 1.54) is 16.8 Å². The second kappa shape index (κ2) is 12.2. The van der Waals surface area contributed by atoms with Crippen LogP contribution in [-0.4, -0.2) is 65.7 Å². The normalized spacial score (nSPS) is 16.6. The van der Waals surface area contributed by atoms with Crippen molar-refractivity contribution in [1.29, 1.82) is 5.26 Å². The monoisotopic (exact) mass is 521 g/mol. The molecule has 0 atom stereocenters. The maximum atomic E-state index is 13.0. The molecular formula is C32H35N5O2. The lowest BCUT2D eigenvalue weighted by atomic mass is 9.90. The van der Waals surface area contributed by atoms with Crippen LogP contribution in [0.5, 0.6) is 0 Å². The van der Waals surface area contributed by atoms with Crippen molar-refractivity contribution < 1.29 is 9.59 Å². The topological polar surface area (TPSA) is 80.5 Å². The number of amides is 1. The van der Waals surface area contributed by atoms with Crippen molar-refractivity contribution in [2.24, 2.45) is 5.92 Å². The molecule has 0 saturated carbocycles. The lowest BCUT2D eigenvalue weighted by Crippen LogP contribution is -2.48. The first kappa shape index (κ1) is 26.6. The van der Waals surface area contributed by atoms with E-state index in [4.69, 9.17) is 5.26 Å². The van der Waals surface area contributed by atoms with Gasteiger partial charge >= 0.3 is 0 Å². The Bertz CT molecular complexity index is 1310. The molecule has 2 fully saturated rings. The summed E-state index contributed by atoms with van der Waals surface area (Å²) in [4.78, 5) is 36.9. The number of likely N-dealkylation sites (tertiary alicyclic amines) is 1. The number of hydrogen-bond donors (Lipinski definition) is 0. The van der Waals surface area contributed by atoms with Crippen molar-refractivity contribution in [1.82, 2.24) is 14.8 Å². The van der Waals surface area contributed by atoms with Gasteiger partial charge < -0.3 is 9.80 Å². The van der Waals surface area contributed by atoms with Gasteiger partial charge in [0.1, 0.15) is 5.69 Å². The highest BCUT2D eigenvalue weighted by atomic mass is 16.2. The number of hydrogen-bond acceptors (Lipinski definition) is 6. The number of aromatic nitrogens is 1. The minimum absolute atomic E-state index is 0.0281. The van der Waals surface area contributed by atoms with Gasteiger partial charge in [-0.15, -0.1) is 0 Å². The van der Waals surface area contributed by atoms with Gasteiger partial charge in [0.2, 0.25) is 0 Å². The number of pyridine rings is 1. The Labute approximate surface area is 230 Å². The van der Waals surface area contributed by atoms with Gasteiger partial charge in [-0.1, -0.05) is 29.8 Å². The molecule has 0 spiro atoms. The van der Waals surface area contributed by atoms with Gasteiger partial charge in [0.25, 0.3) is 5.91 Å². The van der Waals surface area contributed by atoms with Gasteiger partial charge in [0, 0.05) is 51.0 Å². The number of anilines is 1. The predicted octanol–water partition coefficient (Wildman–Crippen LogP) is 4.71. The molecule has 7 heteroatoms. The molecule has 1 amide bonds. The zero-order valence-corrected chi connectivity index (χ0v) is 22.6. The zero-order chi connectivity index (χ0) is 27.2. The molecule has 0 aliphatic carbocycles. The molecule has 0 N–H and O–H groups in total. The summed E-state index contributed by atoms with van der Waals surface area (Å²) >= 11 is 0. The Morgan fingerprint density at radius 2 is 1.59 bits per heavy atom. The van der Waals surface area contributed by atoms with Crippen LogP contribution in [0.1, 0.15) is 56.8 Å². The number of carbonyl (C=O) groups is 2. The number of benzene rings is 2. The lowest BCUT2D eigenvalue weighted by molar-refractivity contribution is 0.0745. The van der Waals surface area contributed by atoms with E-state index in [1.807, 2.05) is 29.2 Å².